The Labute approximate surface area is 110 Å². The lowest BCUT2D eigenvalue weighted by molar-refractivity contribution is 0.405. The van der Waals surface area contributed by atoms with E-state index in [0.717, 1.165) is 16.2 Å². The van der Waals surface area contributed by atoms with Crippen molar-refractivity contribution < 1.29 is 4.74 Å². The second kappa shape index (κ2) is 5.36. The number of hydrogen-bond acceptors (Lipinski definition) is 6. The first-order valence-corrected chi connectivity index (χ1v) is 6.27. The monoisotopic (exact) mass is 265 g/mol. The molecule has 0 fully saturated rings. The highest BCUT2D eigenvalue weighted by atomic mass is 32.2. The molecule has 1 aromatic carbocycles. The van der Waals surface area contributed by atoms with Crippen molar-refractivity contribution in [1.29, 1.82) is 0 Å². The molecule has 1 aromatic heterocycles. The van der Waals surface area contributed by atoms with E-state index in [1.807, 2.05) is 25.1 Å². The molecule has 96 valence electrons. The van der Waals surface area contributed by atoms with E-state index in [1.54, 1.807) is 18.8 Å². The molecule has 1 atom stereocenters. The van der Waals surface area contributed by atoms with Crippen LogP contribution in [0.4, 0.5) is 0 Å². The molecule has 0 aliphatic heterocycles. The van der Waals surface area contributed by atoms with Gasteiger partial charge in [0.2, 0.25) is 5.16 Å². The van der Waals surface area contributed by atoms with Gasteiger partial charge in [0.25, 0.3) is 0 Å². The van der Waals surface area contributed by atoms with E-state index < -0.39 is 0 Å². The zero-order valence-corrected chi connectivity index (χ0v) is 11.3. The van der Waals surface area contributed by atoms with E-state index in [-0.39, 0.29) is 6.04 Å². The summed E-state index contributed by atoms with van der Waals surface area (Å²) in [5, 5.41) is 12.1. The van der Waals surface area contributed by atoms with Crippen LogP contribution in [0.3, 0.4) is 0 Å². The molecule has 2 aromatic rings. The van der Waals surface area contributed by atoms with Crippen LogP contribution in [0.2, 0.25) is 0 Å². The minimum absolute atomic E-state index is 0.121. The zero-order chi connectivity index (χ0) is 13.1. The van der Waals surface area contributed by atoms with Crippen LogP contribution in [-0.2, 0) is 7.05 Å². The summed E-state index contributed by atoms with van der Waals surface area (Å²) in [4.78, 5) is 1.00. The predicted octanol–water partition coefficient (Wildman–Crippen LogP) is 1.39. The van der Waals surface area contributed by atoms with Crippen molar-refractivity contribution in [3.05, 3.63) is 23.8 Å². The predicted molar refractivity (Wildman–Crippen MR) is 68.5 cm³/mol. The number of aromatic nitrogens is 4. The maximum Gasteiger partial charge on any atom is 0.213 e. The van der Waals surface area contributed by atoms with Gasteiger partial charge in [-0.25, -0.2) is 4.68 Å². The Kier molecular flexibility index (Phi) is 3.83. The third-order valence-corrected chi connectivity index (χ3v) is 3.59. The molecule has 0 amide bonds. The van der Waals surface area contributed by atoms with Crippen molar-refractivity contribution >= 4 is 11.8 Å². The van der Waals surface area contributed by atoms with Crippen LogP contribution >= 0.6 is 11.8 Å². The Bertz CT molecular complexity index is 540. The van der Waals surface area contributed by atoms with Crippen LogP contribution < -0.4 is 10.5 Å². The Morgan fingerprint density at radius 3 is 2.78 bits per heavy atom. The first kappa shape index (κ1) is 12.8. The van der Waals surface area contributed by atoms with Gasteiger partial charge in [0.1, 0.15) is 5.75 Å². The lowest BCUT2D eigenvalue weighted by atomic mass is 10.1. The Balaban J connectivity index is 2.41. The molecular weight excluding hydrogens is 250 g/mol. The molecule has 0 saturated carbocycles. The number of rotatable bonds is 4. The molecular formula is C11H15N5OS. The van der Waals surface area contributed by atoms with Gasteiger partial charge in [0, 0.05) is 23.5 Å². The topological polar surface area (TPSA) is 78.9 Å². The molecule has 0 unspecified atom stereocenters. The fraction of sp³-hybridized carbons (Fsp3) is 0.364. The Morgan fingerprint density at radius 1 is 1.44 bits per heavy atom. The molecule has 0 bridgehead atoms. The largest absolute Gasteiger partial charge is 0.496 e. The maximum absolute atomic E-state index is 6.01. The zero-order valence-electron chi connectivity index (χ0n) is 10.5. The number of ether oxygens (including phenoxy) is 1. The summed E-state index contributed by atoms with van der Waals surface area (Å²) in [5.74, 6) is 0.783. The van der Waals surface area contributed by atoms with Crippen molar-refractivity contribution in [3.8, 4) is 5.75 Å². The molecule has 2 rings (SSSR count). The van der Waals surface area contributed by atoms with Crippen LogP contribution in [-0.4, -0.2) is 27.3 Å². The van der Waals surface area contributed by atoms with Crippen LogP contribution in [0.5, 0.6) is 5.75 Å². The summed E-state index contributed by atoms with van der Waals surface area (Å²) < 4.78 is 6.97. The van der Waals surface area contributed by atoms with Gasteiger partial charge in [0.15, 0.2) is 0 Å². The van der Waals surface area contributed by atoms with Gasteiger partial charge in [-0.15, -0.1) is 5.10 Å². The lowest BCUT2D eigenvalue weighted by Crippen LogP contribution is -2.08. The van der Waals surface area contributed by atoms with Crippen molar-refractivity contribution in [2.45, 2.75) is 23.0 Å². The van der Waals surface area contributed by atoms with Gasteiger partial charge < -0.3 is 10.5 Å². The van der Waals surface area contributed by atoms with Gasteiger partial charge in [-0.3, -0.25) is 0 Å². The number of hydrogen-bond donors (Lipinski definition) is 1. The Morgan fingerprint density at radius 2 is 2.22 bits per heavy atom. The minimum Gasteiger partial charge on any atom is -0.496 e. The standard InChI is InChI=1S/C11H15N5OS/c1-7(12)10-8(17-3)5-4-6-9(10)18-11-13-14-15-16(11)2/h4-7H,12H2,1-3H3/t7-/m1/s1. The molecule has 0 radical (unpaired) electrons. The summed E-state index contributed by atoms with van der Waals surface area (Å²) >= 11 is 1.47. The van der Waals surface area contributed by atoms with Gasteiger partial charge in [-0.1, -0.05) is 6.07 Å². The van der Waals surface area contributed by atoms with Crippen molar-refractivity contribution in [1.82, 2.24) is 20.2 Å². The summed E-state index contributed by atoms with van der Waals surface area (Å²) in [6.45, 7) is 1.93. The van der Waals surface area contributed by atoms with Crippen molar-refractivity contribution in [2.75, 3.05) is 7.11 Å². The third kappa shape index (κ3) is 2.46. The van der Waals surface area contributed by atoms with Crippen LogP contribution in [0.25, 0.3) is 0 Å². The van der Waals surface area contributed by atoms with Crippen molar-refractivity contribution in [2.24, 2.45) is 12.8 Å². The first-order valence-electron chi connectivity index (χ1n) is 5.46. The maximum atomic E-state index is 6.01. The molecule has 0 aliphatic rings. The van der Waals surface area contributed by atoms with Crippen LogP contribution in [0, 0.1) is 0 Å². The molecule has 7 heteroatoms. The number of methoxy groups -OCH3 is 1. The average molecular weight is 265 g/mol. The normalized spacial score (nSPS) is 12.4. The minimum atomic E-state index is -0.121. The number of nitrogens with zero attached hydrogens (tertiary/aromatic N) is 4. The first-order chi connectivity index (χ1) is 8.63. The van der Waals surface area contributed by atoms with Gasteiger partial charge in [-0.05, 0) is 41.2 Å². The van der Waals surface area contributed by atoms with E-state index in [0.29, 0.717) is 5.16 Å². The number of tetrazole rings is 1. The SMILES string of the molecule is COc1cccc(Sc2nnnn2C)c1[C@@H](C)N. The molecule has 1 heterocycles. The smallest absolute Gasteiger partial charge is 0.213 e. The summed E-state index contributed by atoms with van der Waals surface area (Å²) in [7, 11) is 3.44. The number of benzene rings is 1. The second-order valence-corrected chi connectivity index (χ2v) is 4.86. The van der Waals surface area contributed by atoms with E-state index in [1.165, 1.54) is 11.8 Å². The highest BCUT2D eigenvalue weighted by molar-refractivity contribution is 7.99. The summed E-state index contributed by atoms with van der Waals surface area (Å²) in [6, 6.07) is 5.69. The summed E-state index contributed by atoms with van der Waals surface area (Å²) in [5.41, 5.74) is 6.97. The van der Waals surface area contributed by atoms with E-state index in [2.05, 4.69) is 15.5 Å². The van der Waals surface area contributed by atoms with E-state index >= 15 is 0 Å². The fourth-order valence-electron chi connectivity index (χ4n) is 1.65. The highest BCUT2D eigenvalue weighted by Crippen LogP contribution is 2.36. The van der Waals surface area contributed by atoms with Crippen LogP contribution in [0.15, 0.2) is 28.3 Å². The molecule has 6 nitrogen and oxygen atoms in total. The van der Waals surface area contributed by atoms with E-state index in [4.69, 9.17) is 10.5 Å². The number of aryl methyl sites for hydroxylation is 1. The van der Waals surface area contributed by atoms with Gasteiger partial charge in [-0.2, -0.15) is 0 Å². The Hall–Kier alpha value is -1.60. The quantitative estimate of drug-likeness (QED) is 0.900. The van der Waals surface area contributed by atoms with Crippen molar-refractivity contribution in [3.63, 3.8) is 0 Å². The molecule has 2 N–H and O–H groups in total. The molecule has 0 saturated heterocycles. The molecule has 0 aliphatic carbocycles. The number of nitrogens with two attached hydrogens (primary N) is 1. The second-order valence-electron chi connectivity index (χ2n) is 3.85. The van der Waals surface area contributed by atoms with Gasteiger partial charge in [0.05, 0.1) is 7.11 Å². The molecule has 0 spiro atoms. The highest BCUT2D eigenvalue weighted by Gasteiger charge is 2.16. The lowest BCUT2D eigenvalue weighted by Gasteiger charge is -2.15. The fourth-order valence-corrected chi connectivity index (χ4v) is 2.63. The average Bonchev–Trinajstić information content (AvgIpc) is 2.74. The van der Waals surface area contributed by atoms with Gasteiger partial charge >= 0.3 is 0 Å². The summed E-state index contributed by atoms with van der Waals surface area (Å²) in [6.07, 6.45) is 0. The van der Waals surface area contributed by atoms with Crippen LogP contribution in [0.1, 0.15) is 18.5 Å². The third-order valence-electron chi connectivity index (χ3n) is 2.48. The van der Waals surface area contributed by atoms with E-state index in [9.17, 15) is 0 Å². The molecule has 18 heavy (non-hydrogen) atoms.